The number of nitrogens with zero attached hydrogens (tertiary/aromatic N) is 3. The molecule has 0 spiro atoms. The Labute approximate surface area is 206 Å². The standard InChI is InChI=1S/C27H33N3O5/c1-7-23(32)16-28(6)26(33)21-10-8-20(9-11-21)22-12-13-24-25(14-22)29(27(34)35-17(2)3)15-18(4)30(24)19(5)31/h8-14,17-18H,7,15-16H2,1-6H3/t18-/m0/s1. The summed E-state index contributed by atoms with van der Waals surface area (Å²) in [6.45, 7) is 9.17. The number of carbonyl (C=O) groups excluding carboxylic acids is 4. The monoisotopic (exact) mass is 479 g/mol. The van der Waals surface area contributed by atoms with Crippen molar-refractivity contribution in [3.63, 3.8) is 0 Å². The van der Waals surface area contributed by atoms with Gasteiger partial charge in [0.05, 0.1) is 30.1 Å². The minimum atomic E-state index is -0.459. The van der Waals surface area contributed by atoms with Gasteiger partial charge >= 0.3 is 6.09 Å². The molecular weight excluding hydrogens is 446 g/mol. The summed E-state index contributed by atoms with van der Waals surface area (Å²) in [5.41, 5.74) is 3.41. The highest BCUT2D eigenvalue weighted by Gasteiger charge is 2.34. The Morgan fingerprint density at radius 2 is 1.66 bits per heavy atom. The molecule has 3 amide bonds. The van der Waals surface area contributed by atoms with Gasteiger partial charge in [-0.3, -0.25) is 19.3 Å². The molecule has 8 heteroatoms. The Morgan fingerprint density at radius 1 is 1.03 bits per heavy atom. The van der Waals surface area contributed by atoms with Gasteiger partial charge in [-0.1, -0.05) is 25.1 Å². The van der Waals surface area contributed by atoms with Gasteiger partial charge in [-0.2, -0.15) is 0 Å². The number of amides is 3. The van der Waals surface area contributed by atoms with Crippen molar-refractivity contribution < 1.29 is 23.9 Å². The third-order valence-electron chi connectivity index (χ3n) is 5.93. The van der Waals surface area contributed by atoms with Crippen LogP contribution in [0.5, 0.6) is 0 Å². The lowest BCUT2D eigenvalue weighted by Gasteiger charge is -2.40. The first kappa shape index (κ1) is 25.9. The van der Waals surface area contributed by atoms with E-state index in [-0.39, 0.29) is 36.3 Å². The van der Waals surface area contributed by atoms with Gasteiger partial charge < -0.3 is 14.5 Å². The summed E-state index contributed by atoms with van der Waals surface area (Å²) in [6.07, 6.45) is -0.346. The summed E-state index contributed by atoms with van der Waals surface area (Å²) in [5, 5.41) is 0. The summed E-state index contributed by atoms with van der Waals surface area (Å²) in [5.74, 6) is -0.324. The number of anilines is 2. The summed E-state index contributed by atoms with van der Waals surface area (Å²) >= 11 is 0. The van der Waals surface area contributed by atoms with Crippen molar-refractivity contribution in [2.24, 2.45) is 0 Å². The average molecular weight is 480 g/mol. The van der Waals surface area contributed by atoms with E-state index in [1.54, 1.807) is 49.8 Å². The molecule has 0 bridgehead atoms. The van der Waals surface area contributed by atoms with Crippen molar-refractivity contribution in [1.82, 2.24) is 4.90 Å². The van der Waals surface area contributed by atoms with Crippen LogP contribution in [0.1, 0.15) is 51.4 Å². The van der Waals surface area contributed by atoms with E-state index in [4.69, 9.17) is 4.74 Å². The third kappa shape index (κ3) is 5.70. The average Bonchev–Trinajstić information content (AvgIpc) is 2.81. The molecule has 1 aliphatic heterocycles. The largest absolute Gasteiger partial charge is 0.446 e. The van der Waals surface area contributed by atoms with Crippen LogP contribution in [-0.2, 0) is 14.3 Å². The number of hydrogen-bond acceptors (Lipinski definition) is 5. The normalized spacial score (nSPS) is 15.0. The molecule has 0 fully saturated rings. The molecule has 0 unspecified atom stereocenters. The van der Waals surface area contributed by atoms with Crippen LogP contribution in [0.4, 0.5) is 16.2 Å². The highest BCUT2D eigenvalue weighted by atomic mass is 16.6. The van der Waals surface area contributed by atoms with E-state index < -0.39 is 6.09 Å². The molecule has 0 aromatic heterocycles. The second-order valence-electron chi connectivity index (χ2n) is 9.12. The van der Waals surface area contributed by atoms with E-state index in [0.29, 0.717) is 29.9 Å². The highest BCUT2D eigenvalue weighted by Crippen LogP contribution is 2.39. The molecular formula is C27H33N3O5. The molecule has 0 radical (unpaired) electrons. The maximum atomic E-state index is 12.9. The van der Waals surface area contributed by atoms with E-state index in [0.717, 1.165) is 11.1 Å². The zero-order valence-electron chi connectivity index (χ0n) is 21.2. The van der Waals surface area contributed by atoms with Crippen LogP contribution in [-0.4, -0.2) is 60.9 Å². The summed E-state index contributed by atoms with van der Waals surface area (Å²) < 4.78 is 5.45. The molecule has 0 saturated heterocycles. The molecule has 8 nitrogen and oxygen atoms in total. The second kappa shape index (κ2) is 10.7. The van der Waals surface area contributed by atoms with Crippen molar-refractivity contribution >= 4 is 35.1 Å². The highest BCUT2D eigenvalue weighted by molar-refractivity contribution is 6.03. The summed E-state index contributed by atoms with van der Waals surface area (Å²) in [7, 11) is 1.61. The second-order valence-corrected chi connectivity index (χ2v) is 9.12. The molecule has 1 atom stereocenters. The first-order valence-electron chi connectivity index (χ1n) is 11.8. The quantitative estimate of drug-likeness (QED) is 0.608. The van der Waals surface area contributed by atoms with Crippen molar-refractivity contribution in [3.05, 3.63) is 48.0 Å². The number of likely N-dealkylation sites (N-methyl/N-ethyl adjacent to an activating group) is 1. The first-order valence-corrected chi connectivity index (χ1v) is 11.8. The van der Waals surface area contributed by atoms with Crippen LogP contribution < -0.4 is 9.80 Å². The lowest BCUT2D eigenvalue weighted by Crippen LogP contribution is -2.51. The minimum Gasteiger partial charge on any atom is -0.446 e. The zero-order valence-corrected chi connectivity index (χ0v) is 21.2. The van der Waals surface area contributed by atoms with Gasteiger partial charge in [0, 0.05) is 32.5 Å². The van der Waals surface area contributed by atoms with Gasteiger partial charge in [-0.05, 0) is 56.2 Å². The van der Waals surface area contributed by atoms with Crippen LogP contribution in [0.2, 0.25) is 0 Å². The van der Waals surface area contributed by atoms with Crippen molar-refractivity contribution in [2.75, 3.05) is 29.9 Å². The number of ketones is 1. The number of Topliss-reactive ketones (excluding diaryl/α,β-unsaturated/α-hetero) is 1. The topological polar surface area (TPSA) is 87.2 Å². The van der Waals surface area contributed by atoms with Crippen LogP contribution in [0.3, 0.4) is 0 Å². The molecule has 35 heavy (non-hydrogen) atoms. The van der Waals surface area contributed by atoms with E-state index in [2.05, 4.69) is 0 Å². The van der Waals surface area contributed by atoms with E-state index in [1.165, 1.54) is 11.8 Å². The number of fused-ring (bicyclic) bond motifs is 1. The van der Waals surface area contributed by atoms with Gasteiger partial charge in [0.2, 0.25) is 5.91 Å². The molecule has 0 saturated carbocycles. The number of rotatable bonds is 6. The van der Waals surface area contributed by atoms with Gasteiger partial charge in [0.1, 0.15) is 0 Å². The Balaban J connectivity index is 1.94. The Kier molecular flexibility index (Phi) is 7.94. The van der Waals surface area contributed by atoms with Crippen molar-refractivity contribution in [1.29, 1.82) is 0 Å². The number of carbonyl (C=O) groups is 4. The lowest BCUT2D eigenvalue weighted by atomic mass is 9.99. The summed E-state index contributed by atoms with van der Waals surface area (Å²) in [4.78, 5) is 54.2. The van der Waals surface area contributed by atoms with E-state index in [9.17, 15) is 19.2 Å². The van der Waals surface area contributed by atoms with Crippen molar-refractivity contribution in [3.8, 4) is 11.1 Å². The fourth-order valence-corrected chi connectivity index (χ4v) is 4.20. The van der Waals surface area contributed by atoms with Crippen LogP contribution in [0, 0.1) is 0 Å². The Morgan fingerprint density at radius 3 is 2.23 bits per heavy atom. The van der Waals surface area contributed by atoms with E-state index >= 15 is 0 Å². The molecule has 0 N–H and O–H groups in total. The number of benzene rings is 2. The predicted molar refractivity (Wildman–Crippen MR) is 136 cm³/mol. The van der Waals surface area contributed by atoms with Crippen molar-refractivity contribution in [2.45, 2.75) is 53.2 Å². The molecule has 2 aromatic carbocycles. The first-order chi connectivity index (χ1) is 16.5. The van der Waals surface area contributed by atoms with Gasteiger partial charge in [-0.15, -0.1) is 0 Å². The molecule has 3 rings (SSSR count). The number of hydrogen-bond donors (Lipinski definition) is 0. The fourth-order valence-electron chi connectivity index (χ4n) is 4.20. The van der Waals surface area contributed by atoms with Gasteiger partial charge in [-0.25, -0.2) is 4.79 Å². The van der Waals surface area contributed by atoms with Crippen LogP contribution in [0.15, 0.2) is 42.5 Å². The number of ether oxygens (including phenoxy) is 1. The molecule has 186 valence electrons. The molecule has 1 aliphatic rings. The van der Waals surface area contributed by atoms with Gasteiger partial charge in [0.15, 0.2) is 5.78 Å². The Hall–Kier alpha value is -3.68. The minimum absolute atomic E-state index is 0.000926. The zero-order chi connectivity index (χ0) is 25.9. The summed E-state index contributed by atoms with van der Waals surface area (Å²) in [6, 6.07) is 12.5. The van der Waals surface area contributed by atoms with Gasteiger partial charge in [0.25, 0.3) is 5.91 Å². The molecule has 0 aliphatic carbocycles. The lowest BCUT2D eigenvalue weighted by molar-refractivity contribution is -0.119. The van der Waals surface area contributed by atoms with Crippen LogP contribution in [0.25, 0.3) is 11.1 Å². The SMILES string of the molecule is CCC(=O)CN(C)C(=O)c1ccc(-c2ccc3c(c2)N(C(=O)OC(C)C)C[C@H](C)N3C(C)=O)cc1. The third-order valence-corrected chi connectivity index (χ3v) is 5.93. The Bertz CT molecular complexity index is 1130. The molecule has 1 heterocycles. The maximum Gasteiger partial charge on any atom is 0.414 e. The fraction of sp³-hybridized carbons (Fsp3) is 0.407. The smallest absolute Gasteiger partial charge is 0.414 e. The van der Waals surface area contributed by atoms with Crippen LogP contribution >= 0.6 is 0 Å². The van der Waals surface area contributed by atoms with E-state index in [1.807, 2.05) is 37.3 Å². The molecule has 2 aromatic rings. The maximum absolute atomic E-state index is 12.9. The predicted octanol–water partition coefficient (Wildman–Crippen LogP) is 4.51.